The van der Waals surface area contributed by atoms with Crippen LogP contribution in [0.2, 0.25) is 5.02 Å². The van der Waals surface area contributed by atoms with E-state index >= 15 is 0 Å². The number of aliphatic hydroxyl groups excluding tert-OH is 1. The quantitative estimate of drug-likeness (QED) is 0.861. The van der Waals surface area contributed by atoms with E-state index in [2.05, 4.69) is 17.1 Å². The van der Waals surface area contributed by atoms with Crippen LogP contribution in [-0.4, -0.2) is 20.1 Å². The Bertz CT molecular complexity index is 715. The summed E-state index contributed by atoms with van der Waals surface area (Å²) in [7, 11) is 0. The highest BCUT2D eigenvalue weighted by Gasteiger charge is 2.20. The second kappa shape index (κ2) is 4.38. The van der Waals surface area contributed by atoms with Crippen LogP contribution >= 0.6 is 11.6 Å². The van der Waals surface area contributed by atoms with Crippen LogP contribution in [0.3, 0.4) is 0 Å². The maximum Gasteiger partial charge on any atom is 0.141 e. The van der Waals surface area contributed by atoms with Crippen molar-refractivity contribution in [2.75, 3.05) is 0 Å². The van der Waals surface area contributed by atoms with E-state index in [0.717, 1.165) is 23.0 Å². The minimum Gasteiger partial charge on any atom is -0.506 e. The summed E-state index contributed by atoms with van der Waals surface area (Å²) in [6.45, 7) is 4.04. The number of nitrogens with zero attached hydrogens (tertiary/aromatic N) is 3. The first-order valence-corrected chi connectivity index (χ1v) is 6.56. The highest BCUT2D eigenvalue weighted by molar-refractivity contribution is 6.31. The van der Waals surface area contributed by atoms with Crippen LogP contribution in [0.4, 0.5) is 0 Å². The zero-order valence-corrected chi connectivity index (χ0v) is 11.5. The van der Waals surface area contributed by atoms with E-state index in [4.69, 9.17) is 11.6 Å². The van der Waals surface area contributed by atoms with Crippen LogP contribution < -0.4 is 0 Å². The number of benzene rings is 1. The van der Waals surface area contributed by atoms with Gasteiger partial charge in [0.1, 0.15) is 22.5 Å². The Labute approximate surface area is 116 Å². The number of allylic oxidation sites excluding steroid dienone is 3. The maximum atomic E-state index is 10.2. The molecule has 1 aromatic carbocycles. The number of rotatable bonds is 1. The van der Waals surface area contributed by atoms with Crippen molar-refractivity contribution in [2.45, 2.75) is 20.3 Å². The zero-order chi connectivity index (χ0) is 13.6. The summed E-state index contributed by atoms with van der Waals surface area (Å²) >= 11 is 5.94. The lowest BCUT2D eigenvalue weighted by Crippen LogP contribution is -2.12. The van der Waals surface area contributed by atoms with Gasteiger partial charge in [0.25, 0.3) is 0 Å². The normalized spacial score (nSPS) is 19.9. The predicted octanol–water partition coefficient (Wildman–Crippen LogP) is 3.80. The van der Waals surface area contributed by atoms with Gasteiger partial charge >= 0.3 is 0 Å². The fourth-order valence-corrected chi connectivity index (χ4v) is 2.53. The van der Waals surface area contributed by atoms with Gasteiger partial charge in [-0.15, -0.1) is 15.0 Å². The molecule has 0 amide bonds. The molecular formula is C14H14ClN3O. The number of fused-ring (bicyclic) bond motifs is 1. The molecule has 0 saturated heterocycles. The molecule has 0 bridgehead atoms. The lowest BCUT2D eigenvalue weighted by atomic mass is 9.94. The molecule has 98 valence electrons. The number of aliphatic hydroxyl groups is 1. The van der Waals surface area contributed by atoms with E-state index in [1.807, 2.05) is 19.1 Å². The van der Waals surface area contributed by atoms with Gasteiger partial charge in [-0.05, 0) is 49.1 Å². The Morgan fingerprint density at radius 3 is 2.84 bits per heavy atom. The van der Waals surface area contributed by atoms with Crippen LogP contribution in [0.1, 0.15) is 20.3 Å². The van der Waals surface area contributed by atoms with Gasteiger partial charge in [-0.1, -0.05) is 18.5 Å². The van der Waals surface area contributed by atoms with E-state index < -0.39 is 0 Å². The molecule has 19 heavy (non-hydrogen) atoms. The van der Waals surface area contributed by atoms with Crippen molar-refractivity contribution in [1.29, 1.82) is 0 Å². The van der Waals surface area contributed by atoms with Gasteiger partial charge < -0.3 is 5.11 Å². The van der Waals surface area contributed by atoms with E-state index in [9.17, 15) is 5.11 Å². The van der Waals surface area contributed by atoms with Gasteiger partial charge in [0.15, 0.2) is 0 Å². The third kappa shape index (κ3) is 2.12. The highest BCUT2D eigenvalue weighted by atomic mass is 35.5. The summed E-state index contributed by atoms with van der Waals surface area (Å²) in [6.07, 6.45) is 2.85. The Balaban J connectivity index is 2.14. The van der Waals surface area contributed by atoms with E-state index in [0.29, 0.717) is 16.6 Å². The summed E-state index contributed by atoms with van der Waals surface area (Å²) in [5.41, 5.74) is 3.08. The first-order valence-electron chi connectivity index (χ1n) is 6.18. The molecule has 4 nitrogen and oxygen atoms in total. The Hall–Kier alpha value is -1.81. The first-order chi connectivity index (χ1) is 9.04. The van der Waals surface area contributed by atoms with Crippen molar-refractivity contribution in [1.82, 2.24) is 15.0 Å². The SMILES string of the molecule is CC1=C(O)C(n2nc3ccc(Cl)cc3n2)=CC(C)C1. The molecule has 1 aliphatic rings. The van der Waals surface area contributed by atoms with Gasteiger partial charge in [-0.25, -0.2) is 0 Å². The fourth-order valence-electron chi connectivity index (χ4n) is 2.36. The molecule has 0 radical (unpaired) electrons. The summed E-state index contributed by atoms with van der Waals surface area (Å²) in [5, 5.41) is 19.6. The van der Waals surface area contributed by atoms with Crippen molar-refractivity contribution < 1.29 is 5.11 Å². The summed E-state index contributed by atoms with van der Waals surface area (Å²) in [6, 6.07) is 5.37. The monoisotopic (exact) mass is 275 g/mol. The summed E-state index contributed by atoms with van der Waals surface area (Å²) < 4.78 is 0. The van der Waals surface area contributed by atoms with Gasteiger partial charge in [0.05, 0.1) is 0 Å². The third-order valence-electron chi connectivity index (χ3n) is 3.28. The number of hydrogen-bond donors (Lipinski definition) is 1. The lowest BCUT2D eigenvalue weighted by Gasteiger charge is -2.18. The maximum absolute atomic E-state index is 10.2. The molecule has 5 heteroatoms. The summed E-state index contributed by atoms with van der Waals surface area (Å²) in [4.78, 5) is 1.48. The number of hydrogen-bond acceptors (Lipinski definition) is 3. The molecule has 1 unspecified atom stereocenters. The van der Waals surface area contributed by atoms with Crippen LogP contribution in [-0.2, 0) is 0 Å². The molecule has 0 aliphatic heterocycles. The standard InChI is InChI=1S/C14H14ClN3O/c1-8-5-9(2)14(19)13(6-8)18-16-11-4-3-10(15)7-12(11)17-18/h3-4,6-8,19H,5H2,1-2H3. The second-order valence-electron chi connectivity index (χ2n) is 4.98. The van der Waals surface area contributed by atoms with E-state index in [-0.39, 0.29) is 5.76 Å². The molecule has 0 saturated carbocycles. The first kappa shape index (κ1) is 12.2. The predicted molar refractivity (Wildman–Crippen MR) is 75.9 cm³/mol. The molecule has 3 rings (SSSR count). The minimum absolute atomic E-state index is 0.268. The molecule has 2 aromatic rings. The van der Waals surface area contributed by atoms with Crippen molar-refractivity contribution in [3.8, 4) is 0 Å². The van der Waals surface area contributed by atoms with Crippen LogP contribution in [0.25, 0.3) is 16.7 Å². The van der Waals surface area contributed by atoms with Crippen molar-refractivity contribution in [2.24, 2.45) is 5.92 Å². The minimum atomic E-state index is 0.268. The molecule has 1 aromatic heterocycles. The van der Waals surface area contributed by atoms with Crippen LogP contribution in [0.5, 0.6) is 0 Å². The van der Waals surface area contributed by atoms with Gasteiger partial charge in [0.2, 0.25) is 0 Å². The summed E-state index contributed by atoms with van der Waals surface area (Å²) in [5.74, 6) is 0.633. The molecular weight excluding hydrogens is 262 g/mol. The average Bonchev–Trinajstić information content (AvgIpc) is 2.76. The highest BCUT2D eigenvalue weighted by Crippen LogP contribution is 2.29. The molecule has 1 heterocycles. The Morgan fingerprint density at radius 2 is 2.05 bits per heavy atom. The van der Waals surface area contributed by atoms with Crippen molar-refractivity contribution >= 4 is 28.3 Å². The fraction of sp³-hybridized carbons (Fsp3) is 0.286. The molecule has 1 aliphatic carbocycles. The second-order valence-corrected chi connectivity index (χ2v) is 5.42. The molecule has 1 N–H and O–H groups in total. The van der Waals surface area contributed by atoms with E-state index in [1.165, 1.54) is 4.80 Å². The van der Waals surface area contributed by atoms with Gasteiger partial charge in [-0.3, -0.25) is 0 Å². The zero-order valence-electron chi connectivity index (χ0n) is 10.8. The van der Waals surface area contributed by atoms with Crippen molar-refractivity contribution in [3.63, 3.8) is 0 Å². The smallest absolute Gasteiger partial charge is 0.141 e. The topological polar surface area (TPSA) is 50.9 Å². The van der Waals surface area contributed by atoms with Crippen molar-refractivity contribution in [3.05, 3.63) is 40.6 Å². The largest absolute Gasteiger partial charge is 0.506 e. The van der Waals surface area contributed by atoms with Crippen LogP contribution in [0.15, 0.2) is 35.6 Å². The van der Waals surface area contributed by atoms with Gasteiger partial charge in [-0.2, -0.15) is 0 Å². The number of aromatic nitrogens is 3. The Morgan fingerprint density at radius 1 is 1.32 bits per heavy atom. The van der Waals surface area contributed by atoms with Crippen LogP contribution in [0, 0.1) is 5.92 Å². The number of halogens is 1. The lowest BCUT2D eigenvalue weighted by molar-refractivity contribution is 0.409. The molecule has 0 fully saturated rings. The molecule has 0 spiro atoms. The molecule has 1 atom stereocenters. The van der Waals surface area contributed by atoms with Gasteiger partial charge in [0, 0.05) is 5.02 Å². The third-order valence-corrected chi connectivity index (χ3v) is 3.51. The van der Waals surface area contributed by atoms with E-state index in [1.54, 1.807) is 12.1 Å². The average molecular weight is 276 g/mol. The Kier molecular flexibility index (Phi) is 2.82.